The Morgan fingerprint density at radius 1 is 1.62 bits per heavy atom. The zero-order chi connectivity index (χ0) is 9.68. The van der Waals surface area contributed by atoms with Crippen LogP contribution < -0.4 is 11.3 Å². The van der Waals surface area contributed by atoms with Crippen molar-refractivity contribution in [2.75, 3.05) is 13.2 Å². The van der Waals surface area contributed by atoms with Crippen LogP contribution >= 0.6 is 0 Å². The lowest BCUT2D eigenvalue weighted by atomic mass is 10.2. The summed E-state index contributed by atoms with van der Waals surface area (Å²) in [6.07, 6.45) is 0. The maximum absolute atomic E-state index is 5.41. The fourth-order valence-corrected chi connectivity index (χ4v) is 1.09. The maximum atomic E-state index is 5.41. The van der Waals surface area contributed by atoms with Gasteiger partial charge in [-0.15, -0.1) is 0 Å². The summed E-state index contributed by atoms with van der Waals surface area (Å²) >= 11 is 0. The van der Waals surface area contributed by atoms with Gasteiger partial charge in [0.1, 0.15) is 17.6 Å². The van der Waals surface area contributed by atoms with Gasteiger partial charge < -0.3 is 9.15 Å². The monoisotopic (exact) mass is 184 g/mol. The molecule has 1 aromatic rings. The second-order valence-electron chi connectivity index (χ2n) is 2.83. The van der Waals surface area contributed by atoms with Crippen molar-refractivity contribution in [3.05, 3.63) is 23.7 Å². The summed E-state index contributed by atoms with van der Waals surface area (Å²) < 4.78 is 10.7. The molecule has 1 heterocycles. The standard InChI is InChI=1S/C9H16N2O2/c1-3-12-6-8(11-10)9-5-4-7(2)13-9/h4-5,8,11H,3,6,10H2,1-2H3. The van der Waals surface area contributed by atoms with Crippen molar-refractivity contribution in [2.24, 2.45) is 5.84 Å². The Morgan fingerprint density at radius 2 is 2.38 bits per heavy atom. The highest BCUT2D eigenvalue weighted by Gasteiger charge is 2.12. The Morgan fingerprint density at radius 3 is 2.85 bits per heavy atom. The van der Waals surface area contributed by atoms with Crippen molar-refractivity contribution in [3.63, 3.8) is 0 Å². The zero-order valence-corrected chi connectivity index (χ0v) is 8.04. The van der Waals surface area contributed by atoms with Crippen LogP contribution in [0.4, 0.5) is 0 Å². The molecule has 0 aromatic carbocycles. The first kappa shape index (κ1) is 10.2. The Bertz CT molecular complexity index is 248. The molecule has 1 atom stereocenters. The third-order valence-corrected chi connectivity index (χ3v) is 1.79. The molecule has 0 spiro atoms. The topological polar surface area (TPSA) is 60.4 Å². The summed E-state index contributed by atoms with van der Waals surface area (Å²) in [6.45, 7) is 5.05. The molecule has 0 aliphatic heterocycles. The van der Waals surface area contributed by atoms with Crippen LogP contribution in [-0.4, -0.2) is 13.2 Å². The molecule has 13 heavy (non-hydrogen) atoms. The maximum Gasteiger partial charge on any atom is 0.124 e. The molecule has 1 unspecified atom stereocenters. The van der Waals surface area contributed by atoms with Crippen LogP contribution in [-0.2, 0) is 4.74 Å². The molecule has 0 amide bonds. The number of furan rings is 1. The van der Waals surface area contributed by atoms with Crippen LogP contribution in [0.3, 0.4) is 0 Å². The van der Waals surface area contributed by atoms with Gasteiger partial charge in [0.05, 0.1) is 6.61 Å². The van der Waals surface area contributed by atoms with Crippen molar-refractivity contribution in [2.45, 2.75) is 19.9 Å². The number of rotatable bonds is 5. The van der Waals surface area contributed by atoms with Gasteiger partial charge in [0.25, 0.3) is 0 Å². The van der Waals surface area contributed by atoms with Crippen molar-refractivity contribution in [3.8, 4) is 0 Å². The molecule has 74 valence electrons. The highest BCUT2D eigenvalue weighted by Crippen LogP contribution is 2.15. The average molecular weight is 184 g/mol. The minimum atomic E-state index is -0.0614. The van der Waals surface area contributed by atoms with Gasteiger partial charge in [0.15, 0.2) is 0 Å². The molecule has 4 heteroatoms. The van der Waals surface area contributed by atoms with Crippen LogP contribution in [0.15, 0.2) is 16.5 Å². The fourth-order valence-electron chi connectivity index (χ4n) is 1.09. The van der Waals surface area contributed by atoms with Crippen LogP contribution in [0, 0.1) is 6.92 Å². The van der Waals surface area contributed by atoms with E-state index in [4.69, 9.17) is 15.0 Å². The number of hydrazine groups is 1. The van der Waals surface area contributed by atoms with E-state index in [0.29, 0.717) is 13.2 Å². The van der Waals surface area contributed by atoms with E-state index < -0.39 is 0 Å². The molecule has 1 rings (SSSR count). The number of nitrogens with two attached hydrogens (primary N) is 1. The van der Waals surface area contributed by atoms with E-state index in [9.17, 15) is 0 Å². The SMILES string of the molecule is CCOCC(NN)c1ccc(C)o1. The summed E-state index contributed by atoms with van der Waals surface area (Å²) in [7, 11) is 0. The van der Waals surface area contributed by atoms with Gasteiger partial charge in [0, 0.05) is 6.61 Å². The molecule has 3 N–H and O–H groups in total. The molecule has 0 saturated carbocycles. The zero-order valence-electron chi connectivity index (χ0n) is 8.04. The van der Waals surface area contributed by atoms with E-state index in [0.717, 1.165) is 11.5 Å². The van der Waals surface area contributed by atoms with Crippen LogP contribution in [0.5, 0.6) is 0 Å². The average Bonchev–Trinajstić information content (AvgIpc) is 2.54. The molecular weight excluding hydrogens is 168 g/mol. The highest BCUT2D eigenvalue weighted by atomic mass is 16.5. The highest BCUT2D eigenvalue weighted by molar-refractivity contribution is 5.09. The van der Waals surface area contributed by atoms with Gasteiger partial charge in [-0.2, -0.15) is 0 Å². The Hall–Kier alpha value is -0.840. The lowest BCUT2D eigenvalue weighted by Crippen LogP contribution is -2.31. The number of hydrogen-bond donors (Lipinski definition) is 2. The quantitative estimate of drug-likeness (QED) is 0.532. The minimum absolute atomic E-state index is 0.0614. The van der Waals surface area contributed by atoms with E-state index >= 15 is 0 Å². The number of aryl methyl sites for hydroxylation is 1. The van der Waals surface area contributed by atoms with Crippen LogP contribution in [0.2, 0.25) is 0 Å². The van der Waals surface area contributed by atoms with Gasteiger partial charge in [0.2, 0.25) is 0 Å². The van der Waals surface area contributed by atoms with Gasteiger partial charge >= 0.3 is 0 Å². The van der Waals surface area contributed by atoms with Crippen molar-refractivity contribution in [1.82, 2.24) is 5.43 Å². The lowest BCUT2D eigenvalue weighted by molar-refractivity contribution is 0.116. The lowest BCUT2D eigenvalue weighted by Gasteiger charge is -2.12. The molecule has 4 nitrogen and oxygen atoms in total. The van der Waals surface area contributed by atoms with E-state index in [1.165, 1.54) is 0 Å². The summed E-state index contributed by atoms with van der Waals surface area (Å²) in [5.41, 5.74) is 2.65. The molecular formula is C9H16N2O2. The Balaban J connectivity index is 2.56. The van der Waals surface area contributed by atoms with Crippen LogP contribution in [0.1, 0.15) is 24.5 Å². The molecule has 1 aromatic heterocycles. The van der Waals surface area contributed by atoms with E-state index in [2.05, 4.69) is 5.43 Å². The number of ether oxygens (including phenoxy) is 1. The fraction of sp³-hybridized carbons (Fsp3) is 0.556. The van der Waals surface area contributed by atoms with Gasteiger partial charge in [-0.3, -0.25) is 5.84 Å². The number of nitrogens with one attached hydrogen (secondary N) is 1. The third kappa shape index (κ3) is 2.84. The minimum Gasteiger partial charge on any atom is -0.465 e. The van der Waals surface area contributed by atoms with E-state index in [-0.39, 0.29) is 6.04 Å². The molecule has 0 radical (unpaired) electrons. The first-order chi connectivity index (χ1) is 6.27. The molecule has 0 bridgehead atoms. The van der Waals surface area contributed by atoms with Crippen molar-refractivity contribution < 1.29 is 9.15 Å². The Labute approximate surface area is 78.0 Å². The summed E-state index contributed by atoms with van der Waals surface area (Å²) in [5.74, 6) is 7.06. The number of hydrogen-bond acceptors (Lipinski definition) is 4. The predicted octanol–water partition coefficient (Wildman–Crippen LogP) is 1.13. The van der Waals surface area contributed by atoms with E-state index in [1.807, 2.05) is 26.0 Å². The summed E-state index contributed by atoms with van der Waals surface area (Å²) in [5, 5.41) is 0. The predicted molar refractivity (Wildman–Crippen MR) is 50.0 cm³/mol. The molecule has 0 saturated heterocycles. The molecule has 0 aliphatic rings. The van der Waals surface area contributed by atoms with Gasteiger partial charge in [-0.1, -0.05) is 0 Å². The van der Waals surface area contributed by atoms with Gasteiger partial charge in [-0.25, -0.2) is 5.43 Å². The first-order valence-corrected chi connectivity index (χ1v) is 4.38. The summed E-state index contributed by atoms with van der Waals surface area (Å²) in [4.78, 5) is 0. The van der Waals surface area contributed by atoms with Crippen molar-refractivity contribution >= 4 is 0 Å². The van der Waals surface area contributed by atoms with Crippen LogP contribution in [0.25, 0.3) is 0 Å². The summed E-state index contributed by atoms with van der Waals surface area (Å²) in [6, 6.07) is 3.75. The first-order valence-electron chi connectivity index (χ1n) is 4.38. The molecule has 0 aliphatic carbocycles. The second kappa shape index (κ2) is 5.01. The largest absolute Gasteiger partial charge is 0.465 e. The third-order valence-electron chi connectivity index (χ3n) is 1.79. The molecule has 0 fully saturated rings. The van der Waals surface area contributed by atoms with Gasteiger partial charge in [-0.05, 0) is 26.0 Å². The Kier molecular flexibility index (Phi) is 3.95. The van der Waals surface area contributed by atoms with Crippen molar-refractivity contribution in [1.29, 1.82) is 0 Å². The van der Waals surface area contributed by atoms with E-state index in [1.54, 1.807) is 0 Å². The normalized spacial score (nSPS) is 13.2. The smallest absolute Gasteiger partial charge is 0.124 e. The second-order valence-corrected chi connectivity index (χ2v) is 2.83.